The predicted octanol–water partition coefficient (Wildman–Crippen LogP) is 4.02. The molecule has 234 valence electrons. The van der Waals surface area contributed by atoms with Crippen LogP contribution in [0.15, 0.2) is 18.2 Å². The maximum absolute atomic E-state index is 14.2. The summed E-state index contributed by atoms with van der Waals surface area (Å²) in [4.78, 5) is 79.1. The van der Waals surface area contributed by atoms with Gasteiger partial charge in [0.2, 0.25) is 5.78 Å². The highest BCUT2D eigenvalue weighted by Gasteiger charge is 2.50. The van der Waals surface area contributed by atoms with Crippen LogP contribution in [0, 0.1) is 0 Å². The fraction of sp³-hybridized carbons (Fsp3) is 0.400. The van der Waals surface area contributed by atoms with E-state index in [0.29, 0.717) is 0 Å². The lowest BCUT2D eigenvalue weighted by molar-refractivity contribution is -0.140. The first-order chi connectivity index (χ1) is 20.9. The lowest BCUT2D eigenvalue weighted by Gasteiger charge is -2.38. The van der Waals surface area contributed by atoms with E-state index in [1.807, 2.05) is 0 Å². The average Bonchev–Trinajstić information content (AvgIpc) is 2.96. The number of methoxy groups -OCH3 is 1. The molecule has 4 rings (SSSR count). The first kappa shape index (κ1) is 31.9. The van der Waals surface area contributed by atoms with Crippen LogP contribution in [-0.2, 0) is 30.2 Å². The molecule has 0 aliphatic heterocycles. The van der Waals surface area contributed by atoms with E-state index in [9.17, 15) is 33.9 Å². The minimum atomic E-state index is -2.23. The number of aliphatic hydroxyl groups is 1. The number of rotatable bonds is 8. The van der Waals surface area contributed by atoms with Crippen molar-refractivity contribution in [1.82, 2.24) is 0 Å². The second-order valence-corrected chi connectivity index (χ2v) is 9.67. The Morgan fingerprint density at radius 2 is 1.41 bits per heavy atom. The zero-order valence-electron chi connectivity index (χ0n) is 24.6. The van der Waals surface area contributed by atoms with Crippen LogP contribution in [0.25, 0.3) is 0 Å². The molecule has 44 heavy (non-hydrogen) atoms. The van der Waals surface area contributed by atoms with Crippen LogP contribution < -0.4 is 14.2 Å². The molecule has 0 aromatic heterocycles. The molecule has 2 aliphatic carbocycles. The summed E-state index contributed by atoms with van der Waals surface area (Å²) < 4.78 is 36.6. The number of fused-ring (bicyclic) bond motifs is 3. The van der Waals surface area contributed by atoms with Crippen molar-refractivity contribution >= 4 is 35.8 Å². The molecule has 14 nitrogen and oxygen atoms in total. The van der Waals surface area contributed by atoms with Crippen LogP contribution in [0.4, 0.5) is 14.4 Å². The van der Waals surface area contributed by atoms with Crippen LogP contribution >= 0.6 is 0 Å². The van der Waals surface area contributed by atoms with Crippen molar-refractivity contribution in [1.29, 1.82) is 0 Å². The van der Waals surface area contributed by atoms with Gasteiger partial charge < -0.3 is 38.3 Å². The minimum absolute atomic E-state index is 0.0180. The molecule has 14 heteroatoms. The summed E-state index contributed by atoms with van der Waals surface area (Å²) >= 11 is 0. The SMILES string of the molecule is CCOC(=O)Oc1c2c(c(OC(=O)OCC)c3c1C(=O)c1cccc(OC)c1C3=O)C(OC(=O)OCC)CC(O)(C(C)=O)C2. The van der Waals surface area contributed by atoms with Crippen molar-refractivity contribution in [2.45, 2.75) is 52.2 Å². The Morgan fingerprint density at radius 3 is 1.98 bits per heavy atom. The van der Waals surface area contributed by atoms with Gasteiger partial charge in [0.1, 0.15) is 23.2 Å². The number of carbonyl (C=O) groups excluding carboxylic acids is 6. The minimum Gasteiger partial charge on any atom is -0.496 e. The molecule has 0 heterocycles. The Bertz CT molecular complexity index is 1560. The molecule has 2 aliphatic rings. The Labute approximate surface area is 251 Å². The van der Waals surface area contributed by atoms with Crippen molar-refractivity contribution in [3.05, 3.63) is 51.6 Å². The third kappa shape index (κ3) is 5.67. The fourth-order valence-electron chi connectivity index (χ4n) is 5.20. The molecule has 0 radical (unpaired) electrons. The number of ketones is 3. The Kier molecular flexibility index (Phi) is 9.23. The van der Waals surface area contributed by atoms with E-state index in [1.165, 1.54) is 46.1 Å². The van der Waals surface area contributed by atoms with Crippen molar-refractivity contribution in [2.24, 2.45) is 0 Å². The number of benzene rings is 2. The zero-order chi connectivity index (χ0) is 32.3. The van der Waals surface area contributed by atoms with Gasteiger partial charge in [-0.15, -0.1) is 0 Å². The van der Waals surface area contributed by atoms with Crippen LogP contribution in [0.3, 0.4) is 0 Å². The Hall–Kier alpha value is -4.98. The maximum Gasteiger partial charge on any atom is 0.513 e. The zero-order valence-corrected chi connectivity index (χ0v) is 24.6. The highest BCUT2D eigenvalue weighted by atomic mass is 16.7. The Balaban J connectivity index is 2.16. The van der Waals surface area contributed by atoms with Gasteiger partial charge in [0, 0.05) is 29.5 Å². The summed E-state index contributed by atoms with van der Waals surface area (Å²) in [7, 11) is 1.28. The monoisotopic (exact) mass is 614 g/mol. The largest absolute Gasteiger partial charge is 0.513 e. The first-order valence-electron chi connectivity index (χ1n) is 13.7. The highest BCUT2D eigenvalue weighted by molar-refractivity contribution is 6.31. The topological polar surface area (TPSA) is 187 Å². The third-order valence-electron chi connectivity index (χ3n) is 7.09. The summed E-state index contributed by atoms with van der Waals surface area (Å²) in [5.74, 6) is -3.59. The van der Waals surface area contributed by atoms with Gasteiger partial charge in [-0.2, -0.15) is 0 Å². The summed E-state index contributed by atoms with van der Waals surface area (Å²) in [5.41, 5.74) is -4.07. The molecule has 0 saturated heterocycles. The molecule has 0 spiro atoms. The van der Waals surface area contributed by atoms with Gasteiger partial charge in [-0.1, -0.05) is 12.1 Å². The molecule has 2 aromatic rings. The van der Waals surface area contributed by atoms with Gasteiger partial charge in [-0.25, -0.2) is 14.4 Å². The van der Waals surface area contributed by atoms with Gasteiger partial charge in [-0.05, 0) is 33.8 Å². The van der Waals surface area contributed by atoms with E-state index < -0.39 is 83.0 Å². The normalized spacial score (nSPS) is 18.2. The van der Waals surface area contributed by atoms with Crippen LogP contribution in [0.2, 0.25) is 0 Å². The van der Waals surface area contributed by atoms with E-state index in [2.05, 4.69) is 0 Å². The molecule has 0 fully saturated rings. The average molecular weight is 615 g/mol. The van der Waals surface area contributed by atoms with E-state index in [-0.39, 0.29) is 47.8 Å². The van der Waals surface area contributed by atoms with Crippen molar-refractivity contribution < 1.29 is 67.0 Å². The number of carbonyl (C=O) groups is 6. The number of hydrogen-bond donors (Lipinski definition) is 1. The fourth-order valence-corrected chi connectivity index (χ4v) is 5.20. The van der Waals surface area contributed by atoms with E-state index in [0.717, 1.165) is 6.92 Å². The van der Waals surface area contributed by atoms with Crippen molar-refractivity contribution in [3.8, 4) is 17.2 Å². The maximum atomic E-state index is 14.2. The van der Waals surface area contributed by atoms with Crippen LogP contribution in [0.1, 0.15) is 83.2 Å². The Morgan fingerprint density at radius 1 is 0.841 bits per heavy atom. The molecule has 0 amide bonds. The summed E-state index contributed by atoms with van der Waals surface area (Å²) in [6, 6.07) is 4.25. The second-order valence-electron chi connectivity index (χ2n) is 9.67. The molecule has 2 atom stereocenters. The molecule has 0 saturated carbocycles. The van der Waals surface area contributed by atoms with E-state index in [1.54, 1.807) is 0 Å². The number of Topliss-reactive ketones (excluding diaryl/α,β-unsaturated/α-hetero) is 1. The van der Waals surface area contributed by atoms with Crippen LogP contribution in [0.5, 0.6) is 17.2 Å². The predicted molar refractivity (Wildman–Crippen MR) is 146 cm³/mol. The van der Waals surface area contributed by atoms with Gasteiger partial charge >= 0.3 is 18.5 Å². The number of ether oxygens (including phenoxy) is 7. The van der Waals surface area contributed by atoms with Crippen molar-refractivity contribution in [2.75, 3.05) is 26.9 Å². The van der Waals surface area contributed by atoms with Gasteiger partial charge in [-0.3, -0.25) is 14.4 Å². The van der Waals surface area contributed by atoms with Crippen molar-refractivity contribution in [3.63, 3.8) is 0 Å². The standard InChI is InChI=1S/C30H30O14/c1-6-39-27(34)42-18-13-30(37,14(4)31)12-16-20(18)26(44-29(36)41-8-3)22-21(25(16)43-28(35)40-7-2)23(32)15-10-9-11-17(38-5)19(15)24(22)33/h9-11,18,37H,6-8,12-13H2,1-5H3. The lowest BCUT2D eigenvalue weighted by atomic mass is 9.72. The molecular formula is C30H30O14. The van der Waals surface area contributed by atoms with Gasteiger partial charge in [0.15, 0.2) is 17.3 Å². The molecular weight excluding hydrogens is 584 g/mol. The van der Waals surface area contributed by atoms with Gasteiger partial charge in [0.25, 0.3) is 0 Å². The first-order valence-corrected chi connectivity index (χ1v) is 13.7. The third-order valence-corrected chi connectivity index (χ3v) is 7.09. The van der Waals surface area contributed by atoms with Gasteiger partial charge in [0.05, 0.1) is 43.6 Å². The van der Waals surface area contributed by atoms with E-state index in [4.69, 9.17) is 33.2 Å². The molecule has 0 bridgehead atoms. The van der Waals surface area contributed by atoms with Crippen LogP contribution in [-0.4, -0.2) is 73.5 Å². The quantitative estimate of drug-likeness (QED) is 0.218. The highest BCUT2D eigenvalue weighted by Crippen LogP contribution is 2.53. The summed E-state index contributed by atoms with van der Waals surface area (Å²) in [6.07, 6.45) is -6.59. The van der Waals surface area contributed by atoms with E-state index >= 15 is 0 Å². The second kappa shape index (κ2) is 12.7. The molecule has 1 N–H and O–H groups in total. The molecule has 2 unspecified atom stereocenters. The smallest absolute Gasteiger partial charge is 0.496 e. The lowest BCUT2D eigenvalue weighted by Crippen LogP contribution is -2.45. The summed E-state index contributed by atoms with van der Waals surface area (Å²) in [6.45, 7) is 5.22. The summed E-state index contributed by atoms with van der Waals surface area (Å²) in [5, 5.41) is 11.4. The molecule has 2 aromatic carbocycles. The number of hydrogen-bond acceptors (Lipinski definition) is 14.